The molecule has 1 aromatic heterocycles. The maximum Gasteiger partial charge on any atom is 0.158 e. The van der Waals surface area contributed by atoms with Crippen molar-refractivity contribution >= 4 is 0 Å². The molecule has 0 saturated heterocycles. The van der Waals surface area contributed by atoms with Gasteiger partial charge in [-0.15, -0.1) is 0 Å². The van der Waals surface area contributed by atoms with Crippen LogP contribution in [0.15, 0.2) is 30.5 Å². The summed E-state index contributed by atoms with van der Waals surface area (Å²) in [5, 5.41) is 19.2. The Bertz CT molecular complexity index is 717. The van der Waals surface area contributed by atoms with Gasteiger partial charge in [0.25, 0.3) is 0 Å². The van der Waals surface area contributed by atoms with E-state index < -0.39 is 6.29 Å². The molecule has 2 aromatic rings. The first-order chi connectivity index (χ1) is 10.9. The highest BCUT2D eigenvalue weighted by Crippen LogP contribution is 2.56. The molecule has 1 saturated carbocycles. The fourth-order valence-corrected chi connectivity index (χ4v) is 3.18. The average Bonchev–Trinajstić information content (AvgIpc) is 3.23. The van der Waals surface area contributed by atoms with Crippen LogP contribution in [0.3, 0.4) is 0 Å². The molecule has 122 valence electrons. The Morgan fingerprint density at radius 3 is 2.70 bits per heavy atom. The van der Waals surface area contributed by atoms with E-state index in [1.165, 1.54) is 0 Å². The molecule has 5 heteroatoms. The summed E-state index contributed by atoms with van der Waals surface area (Å²) in [6, 6.07) is 8.13. The van der Waals surface area contributed by atoms with Gasteiger partial charge in [0.1, 0.15) is 5.82 Å². The smallest absolute Gasteiger partial charge is 0.158 e. The van der Waals surface area contributed by atoms with Gasteiger partial charge in [-0.05, 0) is 32.8 Å². The minimum atomic E-state index is -1.34. The van der Waals surface area contributed by atoms with E-state index in [1.54, 1.807) is 6.20 Å². The number of aromatic nitrogens is 2. The Kier molecular flexibility index (Phi) is 4.08. The van der Waals surface area contributed by atoms with Crippen molar-refractivity contribution in [3.8, 4) is 5.75 Å². The summed E-state index contributed by atoms with van der Waals surface area (Å²) in [7, 11) is 0. The molecular formula is C18H22N2O3. The number of benzene rings is 1. The molecule has 0 bridgehead atoms. The third-order valence-electron chi connectivity index (χ3n) is 4.63. The number of nitrogens with zero attached hydrogens (tertiary/aromatic N) is 2. The lowest BCUT2D eigenvalue weighted by molar-refractivity contribution is -0.0636. The summed E-state index contributed by atoms with van der Waals surface area (Å²) >= 11 is 0. The third-order valence-corrected chi connectivity index (χ3v) is 4.63. The molecule has 2 atom stereocenters. The lowest BCUT2D eigenvalue weighted by Crippen LogP contribution is -2.25. The number of aryl methyl sites for hydroxylation is 3. The van der Waals surface area contributed by atoms with Gasteiger partial charge in [-0.2, -0.15) is 0 Å². The van der Waals surface area contributed by atoms with Crippen molar-refractivity contribution in [3.63, 3.8) is 0 Å². The largest absolute Gasteiger partial charge is 0.489 e. The molecule has 1 fully saturated rings. The number of hydrogen-bond donors (Lipinski definition) is 2. The number of aliphatic hydroxyl groups is 2. The second-order valence-corrected chi connectivity index (χ2v) is 6.41. The van der Waals surface area contributed by atoms with Crippen LogP contribution in [0, 0.1) is 26.7 Å². The van der Waals surface area contributed by atoms with Gasteiger partial charge in [0.2, 0.25) is 0 Å². The normalized spacial score (nSPS) is 23.1. The lowest BCUT2D eigenvalue weighted by Gasteiger charge is -2.20. The summed E-state index contributed by atoms with van der Waals surface area (Å²) in [5.74, 6) is 1.13. The fraction of sp³-hybridized carbons (Fsp3) is 0.444. The van der Waals surface area contributed by atoms with Gasteiger partial charge < -0.3 is 14.9 Å². The van der Waals surface area contributed by atoms with Crippen LogP contribution in [0.5, 0.6) is 5.75 Å². The standard InChI is InChI=1S/C18H22N2O3/c1-11-5-4-6-14(7-11)18(8-15(18)17(21)22)10-23-16-9-19-13(3)20-12(16)2/h4-7,9,15,17,21-22H,8,10H2,1-3H3. The zero-order valence-corrected chi connectivity index (χ0v) is 13.7. The van der Waals surface area contributed by atoms with Crippen LogP contribution in [-0.4, -0.2) is 33.1 Å². The summed E-state index contributed by atoms with van der Waals surface area (Å²) in [4.78, 5) is 8.47. The predicted molar refractivity (Wildman–Crippen MR) is 86.2 cm³/mol. The highest BCUT2D eigenvalue weighted by molar-refractivity contribution is 5.37. The molecule has 1 aliphatic carbocycles. The van der Waals surface area contributed by atoms with Gasteiger partial charge in [-0.3, -0.25) is 0 Å². The maximum atomic E-state index is 9.62. The van der Waals surface area contributed by atoms with Crippen LogP contribution in [0.1, 0.15) is 29.1 Å². The lowest BCUT2D eigenvalue weighted by atomic mass is 9.92. The van der Waals surface area contributed by atoms with E-state index in [1.807, 2.05) is 39.0 Å². The second-order valence-electron chi connectivity index (χ2n) is 6.41. The predicted octanol–water partition coefficient (Wildman–Crippen LogP) is 2.05. The summed E-state index contributed by atoms with van der Waals surface area (Å²) < 4.78 is 5.95. The molecule has 5 nitrogen and oxygen atoms in total. The summed E-state index contributed by atoms with van der Waals surface area (Å²) in [5.41, 5.74) is 2.66. The van der Waals surface area contributed by atoms with Crippen molar-refractivity contribution in [1.82, 2.24) is 9.97 Å². The molecule has 2 unspecified atom stereocenters. The van der Waals surface area contributed by atoms with E-state index in [-0.39, 0.29) is 11.3 Å². The number of rotatable bonds is 5. The van der Waals surface area contributed by atoms with Crippen LogP contribution in [0.2, 0.25) is 0 Å². The molecule has 0 radical (unpaired) electrons. The van der Waals surface area contributed by atoms with Crippen molar-refractivity contribution in [1.29, 1.82) is 0 Å². The number of ether oxygens (including phenoxy) is 1. The Balaban J connectivity index is 1.84. The monoisotopic (exact) mass is 314 g/mol. The molecule has 0 aliphatic heterocycles. The SMILES string of the molecule is Cc1cccc(C2(COc3cnc(C)nc3C)CC2C(O)O)c1. The molecule has 2 N–H and O–H groups in total. The Morgan fingerprint density at radius 1 is 1.30 bits per heavy atom. The van der Waals surface area contributed by atoms with Gasteiger partial charge >= 0.3 is 0 Å². The van der Waals surface area contributed by atoms with Crippen molar-refractivity contribution in [2.45, 2.75) is 38.9 Å². The van der Waals surface area contributed by atoms with E-state index >= 15 is 0 Å². The van der Waals surface area contributed by atoms with Crippen LogP contribution >= 0.6 is 0 Å². The average molecular weight is 314 g/mol. The third kappa shape index (κ3) is 3.07. The highest BCUT2D eigenvalue weighted by atomic mass is 16.5. The Morgan fingerprint density at radius 2 is 2.09 bits per heavy atom. The zero-order chi connectivity index (χ0) is 16.6. The van der Waals surface area contributed by atoms with Crippen molar-refractivity contribution < 1.29 is 14.9 Å². The van der Waals surface area contributed by atoms with E-state index in [9.17, 15) is 10.2 Å². The van der Waals surface area contributed by atoms with Crippen LogP contribution < -0.4 is 4.74 Å². The first-order valence-electron chi connectivity index (χ1n) is 7.79. The molecule has 1 aromatic carbocycles. The van der Waals surface area contributed by atoms with Gasteiger partial charge in [-0.25, -0.2) is 9.97 Å². The Hall–Kier alpha value is -1.98. The van der Waals surface area contributed by atoms with Crippen molar-refractivity contribution in [3.05, 3.63) is 53.1 Å². The van der Waals surface area contributed by atoms with Crippen molar-refractivity contribution in [2.24, 2.45) is 5.92 Å². The molecule has 1 heterocycles. The second kappa shape index (κ2) is 5.91. The minimum absolute atomic E-state index is 0.212. The van der Waals surface area contributed by atoms with Crippen LogP contribution in [-0.2, 0) is 5.41 Å². The van der Waals surface area contributed by atoms with E-state index in [4.69, 9.17) is 4.74 Å². The van der Waals surface area contributed by atoms with E-state index in [2.05, 4.69) is 16.0 Å². The number of aliphatic hydroxyl groups excluding tert-OH is 1. The van der Waals surface area contributed by atoms with Gasteiger partial charge in [0, 0.05) is 11.3 Å². The minimum Gasteiger partial charge on any atom is -0.489 e. The summed E-state index contributed by atoms with van der Waals surface area (Å²) in [6.45, 7) is 6.13. The van der Waals surface area contributed by atoms with Gasteiger partial charge in [-0.1, -0.05) is 29.8 Å². The topological polar surface area (TPSA) is 75.5 Å². The quantitative estimate of drug-likeness (QED) is 0.826. The van der Waals surface area contributed by atoms with E-state index in [0.29, 0.717) is 24.6 Å². The van der Waals surface area contributed by atoms with Crippen molar-refractivity contribution in [2.75, 3.05) is 6.61 Å². The van der Waals surface area contributed by atoms with E-state index in [0.717, 1.165) is 16.8 Å². The molecule has 0 spiro atoms. The molecule has 1 aliphatic rings. The first kappa shape index (κ1) is 15.9. The van der Waals surface area contributed by atoms with Gasteiger partial charge in [0.15, 0.2) is 12.0 Å². The summed E-state index contributed by atoms with van der Waals surface area (Å²) in [6.07, 6.45) is 1.03. The van der Waals surface area contributed by atoms with Crippen LogP contribution in [0.4, 0.5) is 0 Å². The fourth-order valence-electron chi connectivity index (χ4n) is 3.18. The number of hydrogen-bond acceptors (Lipinski definition) is 5. The molecule has 3 rings (SSSR count). The molecule has 0 amide bonds. The van der Waals surface area contributed by atoms with Gasteiger partial charge in [0.05, 0.1) is 18.5 Å². The zero-order valence-electron chi connectivity index (χ0n) is 13.7. The Labute approximate surface area is 136 Å². The highest BCUT2D eigenvalue weighted by Gasteiger charge is 2.59. The molecular weight excluding hydrogens is 292 g/mol. The molecule has 23 heavy (non-hydrogen) atoms. The van der Waals surface area contributed by atoms with Crippen LogP contribution in [0.25, 0.3) is 0 Å². The maximum absolute atomic E-state index is 9.62. The first-order valence-corrected chi connectivity index (χ1v) is 7.79.